The summed E-state index contributed by atoms with van der Waals surface area (Å²) in [5.74, 6) is 1.50. The smallest absolute Gasteiger partial charge is 0.131 e. The molecule has 3 heteroatoms. The van der Waals surface area contributed by atoms with Gasteiger partial charge in [0, 0.05) is 5.56 Å². The lowest BCUT2D eigenvalue weighted by atomic mass is 9.76. The SMILES string of the molecule is CCC[C@H]1CC[C@H](c2cc(F)c(-c3ccc([C@H]4CC[C@H](CCCF)CC4)cc3)cc2F)CC1. The maximum atomic E-state index is 15.1. The summed E-state index contributed by atoms with van der Waals surface area (Å²) in [7, 11) is 0. The number of hydrogen-bond acceptors (Lipinski definition) is 0. The van der Waals surface area contributed by atoms with E-state index >= 15 is 8.78 Å². The topological polar surface area (TPSA) is 0 Å². The van der Waals surface area contributed by atoms with Gasteiger partial charge in [-0.15, -0.1) is 0 Å². The van der Waals surface area contributed by atoms with Crippen molar-refractivity contribution in [3.8, 4) is 11.1 Å². The van der Waals surface area contributed by atoms with Gasteiger partial charge >= 0.3 is 0 Å². The Morgan fingerprint density at radius 1 is 0.727 bits per heavy atom. The molecule has 0 heterocycles. The highest BCUT2D eigenvalue weighted by Gasteiger charge is 2.26. The van der Waals surface area contributed by atoms with E-state index in [1.54, 1.807) is 0 Å². The molecule has 2 aliphatic carbocycles. The Kier molecular flexibility index (Phi) is 8.55. The summed E-state index contributed by atoms with van der Waals surface area (Å²) in [6, 6.07) is 10.9. The van der Waals surface area contributed by atoms with Crippen LogP contribution in [0.25, 0.3) is 11.1 Å². The van der Waals surface area contributed by atoms with Gasteiger partial charge in [0.2, 0.25) is 0 Å². The van der Waals surface area contributed by atoms with Crippen LogP contribution in [0.3, 0.4) is 0 Å². The van der Waals surface area contributed by atoms with Crippen LogP contribution in [0.5, 0.6) is 0 Å². The zero-order valence-electron chi connectivity index (χ0n) is 20.1. The normalized spacial score (nSPS) is 25.8. The third kappa shape index (κ3) is 6.03. The van der Waals surface area contributed by atoms with Gasteiger partial charge in [0.1, 0.15) is 11.6 Å². The quantitative estimate of drug-likeness (QED) is 0.371. The van der Waals surface area contributed by atoms with Gasteiger partial charge in [-0.1, -0.05) is 44.0 Å². The first-order valence-electron chi connectivity index (χ1n) is 13.2. The molecule has 2 aromatic rings. The van der Waals surface area contributed by atoms with Crippen molar-refractivity contribution in [1.29, 1.82) is 0 Å². The highest BCUT2D eigenvalue weighted by atomic mass is 19.1. The van der Waals surface area contributed by atoms with Crippen LogP contribution in [0.1, 0.15) is 107 Å². The van der Waals surface area contributed by atoms with Crippen molar-refractivity contribution in [3.05, 3.63) is 59.2 Å². The standard InChI is InChI=1S/C30H39F3/c1-2-4-21-8-12-25(13-9-21)27-19-30(33)28(20-29(27)32)26-16-14-24(15-17-26)23-10-6-22(7-11-23)5-3-18-31/h14-17,19-23,25H,2-13,18H2,1H3/t21-,22-,23-,25-. The molecule has 180 valence electrons. The summed E-state index contributed by atoms with van der Waals surface area (Å²) in [6.45, 7) is 2.01. The van der Waals surface area contributed by atoms with E-state index in [0.717, 1.165) is 69.3 Å². The van der Waals surface area contributed by atoms with E-state index < -0.39 is 0 Å². The molecule has 2 saturated carbocycles. The zero-order chi connectivity index (χ0) is 23.2. The largest absolute Gasteiger partial charge is 0.251 e. The average molecular weight is 457 g/mol. The van der Waals surface area contributed by atoms with Crippen LogP contribution in [0.15, 0.2) is 36.4 Å². The van der Waals surface area contributed by atoms with Gasteiger partial charge in [-0.2, -0.15) is 0 Å². The summed E-state index contributed by atoms with van der Waals surface area (Å²) in [5, 5.41) is 0. The fourth-order valence-electron chi connectivity index (χ4n) is 6.35. The fraction of sp³-hybridized carbons (Fsp3) is 0.600. The number of halogens is 3. The van der Waals surface area contributed by atoms with Gasteiger partial charge in [0.25, 0.3) is 0 Å². The Bertz CT molecular complexity index is 872. The van der Waals surface area contributed by atoms with Gasteiger partial charge in [-0.3, -0.25) is 4.39 Å². The van der Waals surface area contributed by atoms with E-state index in [1.165, 1.54) is 30.5 Å². The summed E-state index contributed by atoms with van der Waals surface area (Å²) in [4.78, 5) is 0. The third-order valence-electron chi connectivity index (χ3n) is 8.36. The van der Waals surface area contributed by atoms with Gasteiger partial charge in [0.15, 0.2) is 0 Å². The summed E-state index contributed by atoms with van der Waals surface area (Å²) < 4.78 is 42.6. The van der Waals surface area contributed by atoms with E-state index in [4.69, 9.17) is 0 Å². The maximum absolute atomic E-state index is 15.1. The highest BCUT2D eigenvalue weighted by molar-refractivity contribution is 5.65. The Hall–Kier alpha value is -1.77. The Morgan fingerprint density at radius 3 is 1.94 bits per heavy atom. The minimum Gasteiger partial charge on any atom is -0.251 e. The summed E-state index contributed by atoms with van der Waals surface area (Å²) in [6.07, 6.45) is 12.9. The van der Waals surface area contributed by atoms with Crippen LogP contribution in [0, 0.1) is 23.5 Å². The molecule has 2 fully saturated rings. The van der Waals surface area contributed by atoms with Crippen LogP contribution in [-0.2, 0) is 0 Å². The Morgan fingerprint density at radius 2 is 1.33 bits per heavy atom. The van der Waals surface area contributed by atoms with Crippen molar-refractivity contribution in [3.63, 3.8) is 0 Å². The molecule has 0 unspecified atom stereocenters. The first kappa shape index (κ1) is 24.4. The maximum Gasteiger partial charge on any atom is 0.131 e. The van der Waals surface area contributed by atoms with Crippen molar-refractivity contribution in [1.82, 2.24) is 0 Å². The molecular weight excluding hydrogens is 417 g/mol. The third-order valence-corrected chi connectivity index (χ3v) is 8.36. The second-order valence-electron chi connectivity index (χ2n) is 10.5. The number of benzene rings is 2. The molecule has 0 amide bonds. The monoisotopic (exact) mass is 456 g/mol. The lowest BCUT2D eigenvalue weighted by molar-refractivity contribution is 0.293. The predicted molar refractivity (Wildman–Crippen MR) is 131 cm³/mol. The van der Waals surface area contributed by atoms with Crippen molar-refractivity contribution in [2.45, 2.75) is 95.8 Å². The van der Waals surface area contributed by atoms with Gasteiger partial charge in [-0.25, -0.2) is 8.78 Å². The molecule has 4 rings (SSSR count). The molecule has 0 radical (unpaired) electrons. The van der Waals surface area contributed by atoms with Crippen LogP contribution in [0.4, 0.5) is 13.2 Å². The average Bonchev–Trinajstić information content (AvgIpc) is 2.85. The lowest BCUT2D eigenvalue weighted by Crippen LogP contribution is -2.14. The number of rotatable bonds is 8. The minimum atomic E-state index is -0.316. The molecular formula is C30H39F3. The summed E-state index contributed by atoms with van der Waals surface area (Å²) in [5.41, 5.74) is 2.94. The van der Waals surface area contributed by atoms with Crippen molar-refractivity contribution in [2.24, 2.45) is 11.8 Å². The fourth-order valence-corrected chi connectivity index (χ4v) is 6.35. The van der Waals surface area contributed by atoms with Gasteiger partial charge in [0.05, 0.1) is 6.67 Å². The molecule has 2 aliphatic rings. The van der Waals surface area contributed by atoms with Crippen LogP contribution >= 0.6 is 0 Å². The zero-order valence-corrected chi connectivity index (χ0v) is 20.1. The van der Waals surface area contributed by atoms with Crippen LogP contribution in [0.2, 0.25) is 0 Å². The van der Waals surface area contributed by atoms with Crippen molar-refractivity contribution < 1.29 is 13.2 Å². The van der Waals surface area contributed by atoms with E-state index in [0.29, 0.717) is 29.4 Å². The Labute approximate surface area is 198 Å². The van der Waals surface area contributed by atoms with Crippen LogP contribution in [-0.4, -0.2) is 6.67 Å². The van der Waals surface area contributed by atoms with E-state index in [1.807, 2.05) is 12.1 Å². The van der Waals surface area contributed by atoms with Crippen molar-refractivity contribution in [2.75, 3.05) is 6.67 Å². The van der Waals surface area contributed by atoms with E-state index in [2.05, 4.69) is 19.1 Å². The molecule has 2 aromatic carbocycles. The predicted octanol–water partition coefficient (Wildman–Crippen LogP) is 9.73. The van der Waals surface area contributed by atoms with E-state index in [-0.39, 0.29) is 24.2 Å². The molecule has 0 nitrogen and oxygen atoms in total. The molecule has 0 atom stereocenters. The Balaban J connectivity index is 1.41. The molecule has 0 aromatic heterocycles. The number of hydrogen-bond donors (Lipinski definition) is 0. The first-order chi connectivity index (χ1) is 16.1. The van der Waals surface area contributed by atoms with Gasteiger partial charge in [-0.05, 0) is 117 Å². The molecule has 0 aliphatic heterocycles. The second kappa shape index (κ2) is 11.6. The molecule has 0 spiro atoms. The highest BCUT2D eigenvalue weighted by Crippen LogP contribution is 2.41. The molecule has 0 bridgehead atoms. The minimum absolute atomic E-state index is 0.143. The second-order valence-corrected chi connectivity index (χ2v) is 10.5. The lowest BCUT2D eigenvalue weighted by Gasteiger charge is -2.29. The molecule has 33 heavy (non-hydrogen) atoms. The number of alkyl halides is 1. The molecule has 0 N–H and O–H groups in total. The molecule has 0 saturated heterocycles. The summed E-state index contributed by atoms with van der Waals surface area (Å²) >= 11 is 0. The first-order valence-corrected chi connectivity index (χ1v) is 13.2. The van der Waals surface area contributed by atoms with Crippen molar-refractivity contribution >= 4 is 0 Å². The van der Waals surface area contributed by atoms with E-state index in [9.17, 15) is 4.39 Å². The van der Waals surface area contributed by atoms with Gasteiger partial charge < -0.3 is 0 Å². The van der Waals surface area contributed by atoms with Crippen LogP contribution < -0.4 is 0 Å².